The normalized spacial score (nSPS) is 11.9. The molecular formula is C22H24ClN3O2. The van der Waals surface area contributed by atoms with Crippen molar-refractivity contribution in [2.45, 2.75) is 40.2 Å². The van der Waals surface area contributed by atoms with Crippen molar-refractivity contribution in [2.75, 3.05) is 5.43 Å². The lowest BCUT2D eigenvalue weighted by molar-refractivity contribution is 0.0544. The molecule has 1 N–H and O–H groups in total. The van der Waals surface area contributed by atoms with E-state index in [-0.39, 0.29) is 0 Å². The Morgan fingerprint density at radius 2 is 1.93 bits per heavy atom. The van der Waals surface area contributed by atoms with Gasteiger partial charge in [0.2, 0.25) is 0 Å². The molecule has 0 aliphatic carbocycles. The summed E-state index contributed by atoms with van der Waals surface area (Å²) in [5.74, 6) is 0. The number of carbonyl (C=O) groups excluding carboxylic acids is 1. The van der Waals surface area contributed by atoms with Crippen LogP contribution >= 0.6 is 11.6 Å². The van der Waals surface area contributed by atoms with Gasteiger partial charge in [0.05, 0.1) is 17.4 Å². The van der Waals surface area contributed by atoms with Crippen LogP contribution in [0.5, 0.6) is 0 Å². The molecule has 5 nitrogen and oxygen atoms in total. The average molecular weight is 398 g/mol. The molecule has 0 unspecified atom stereocenters. The maximum absolute atomic E-state index is 12.6. The number of anilines is 1. The highest BCUT2D eigenvalue weighted by Gasteiger charge is 2.20. The number of aromatic nitrogens is 1. The van der Waals surface area contributed by atoms with Crippen LogP contribution in [0, 0.1) is 13.8 Å². The highest BCUT2D eigenvalue weighted by atomic mass is 35.5. The summed E-state index contributed by atoms with van der Waals surface area (Å²) in [7, 11) is 0. The quantitative estimate of drug-likeness (QED) is 0.426. The molecule has 3 aromatic rings. The third-order valence-electron chi connectivity index (χ3n) is 4.16. The first-order valence-corrected chi connectivity index (χ1v) is 9.42. The van der Waals surface area contributed by atoms with E-state index in [1.165, 1.54) is 10.1 Å². The first-order chi connectivity index (χ1) is 13.1. The number of benzene rings is 2. The minimum Gasteiger partial charge on any atom is -0.443 e. The SMILES string of the molecule is Cc1ccc(N/N=C/c2cn(C(=O)OC(C)(C)C)c3cc(Cl)ccc23)c(C)c1. The summed E-state index contributed by atoms with van der Waals surface area (Å²) in [5.41, 5.74) is 7.17. The van der Waals surface area contributed by atoms with Crippen molar-refractivity contribution < 1.29 is 9.53 Å². The Bertz CT molecular complexity index is 1060. The number of hydrazone groups is 1. The highest BCUT2D eigenvalue weighted by Crippen LogP contribution is 2.25. The Morgan fingerprint density at radius 1 is 1.18 bits per heavy atom. The molecule has 1 heterocycles. The van der Waals surface area contributed by atoms with E-state index in [0.717, 1.165) is 22.2 Å². The Hall–Kier alpha value is -2.79. The summed E-state index contributed by atoms with van der Waals surface area (Å²) in [6.07, 6.45) is 2.94. The number of rotatable bonds is 3. The van der Waals surface area contributed by atoms with Crippen molar-refractivity contribution in [3.8, 4) is 0 Å². The summed E-state index contributed by atoms with van der Waals surface area (Å²) < 4.78 is 6.97. The van der Waals surface area contributed by atoms with Crippen molar-refractivity contribution in [3.05, 3.63) is 64.3 Å². The van der Waals surface area contributed by atoms with Gasteiger partial charge in [-0.2, -0.15) is 5.10 Å². The van der Waals surface area contributed by atoms with Crippen molar-refractivity contribution in [3.63, 3.8) is 0 Å². The number of ether oxygens (including phenoxy) is 1. The number of carbonyl (C=O) groups is 1. The molecule has 0 amide bonds. The van der Waals surface area contributed by atoms with Crippen LogP contribution in [0.2, 0.25) is 5.02 Å². The lowest BCUT2D eigenvalue weighted by atomic mass is 10.1. The molecule has 0 saturated heterocycles. The molecule has 0 spiro atoms. The number of aryl methyl sites for hydroxylation is 2. The molecular weight excluding hydrogens is 374 g/mol. The van der Waals surface area contributed by atoms with E-state index in [1.54, 1.807) is 24.5 Å². The molecule has 0 aliphatic rings. The molecule has 6 heteroatoms. The van der Waals surface area contributed by atoms with Crippen LogP contribution < -0.4 is 5.43 Å². The maximum atomic E-state index is 12.6. The minimum atomic E-state index is -0.592. The molecule has 0 radical (unpaired) electrons. The van der Waals surface area contributed by atoms with Gasteiger partial charge in [-0.1, -0.05) is 35.4 Å². The van der Waals surface area contributed by atoms with E-state index >= 15 is 0 Å². The van der Waals surface area contributed by atoms with Crippen LogP contribution in [0.15, 0.2) is 47.7 Å². The van der Waals surface area contributed by atoms with E-state index in [2.05, 4.69) is 23.5 Å². The van der Waals surface area contributed by atoms with Gasteiger partial charge in [-0.15, -0.1) is 0 Å². The second-order valence-electron chi connectivity index (χ2n) is 7.78. The number of nitrogens with one attached hydrogen (secondary N) is 1. The second kappa shape index (κ2) is 7.68. The van der Waals surface area contributed by atoms with Crippen LogP contribution in [-0.2, 0) is 4.74 Å². The fourth-order valence-electron chi connectivity index (χ4n) is 2.90. The number of nitrogens with zero attached hydrogens (tertiary/aromatic N) is 2. The molecule has 28 heavy (non-hydrogen) atoms. The van der Waals surface area contributed by atoms with Gasteiger partial charge in [0, 0.05) is 22.2 Å². The molecule has 0 aliphatic heterocycles. The number of hydrogen-bond acceptors (Lipinski definition) is 4. The predicted molar refractivity (Wildman–Crippen MR) is 116 cm³/mol. The molecule has 2 aromatic carbocycles. The highest BCUT2D eigenvalue weighted by molar-refractivity contribution is 6.31. The molecule has 0 bridgehead atoms. The lowest BCUT2D eigenvalue weighted by Crippen LogP contribution is -2.26. The van der Waals surface area contributed by atoms with Gasteiger partial charge < -0.3 is 4.74 Å². The first-order valence-electron chi connectivity index (χ1n) is 9.04. The van der Waals surface area contributed by atoms with Gasteiger partial charge in [-0.3, -0.25) is 9.99 Å². The van der Waals surface area contributed by atoms with E-state index in [1.807, 2.05) is 45.9 Å². The van der Waals surface area contributed by atoms with Crippen molar-refractivity contribution >= 4 is 40.5 Å². The van der Waals surface area contributed by atoms with Crippen molar-refractivity contribution in [1.82, 2.24) is 4.57 Å². The summed E-state index contributed by atoms with van der Waals surface area (Å²) >= 11 is 6.14. The zero-order valence-corrected chi connectivity index (χ0v) is 17.5. The third kappa shape index (κ3) is 4.54. The zero-order chi connectivity index (χ0) is 20.5. The van der Waals surface area contributed by atoms with Gasteiger partial charge in [-0.05, 0) is 58.4 Å². The van der Waals surface area contributed by atoms with Crippen LogP contribution in [0.4, 0.5) is 10.5 Å². The summed E-state index contributed by atoms with van der Waals surface area (Å²) in [6, 6.07) is 11.5. The topological polar surface area (TPSA) is 55.6 Å². The van der Waals surface area contributed by atoms with Crippen LogP contribution in [0.1, 0.15) is 37.5 Å². The maximum Gasteiger partial charge on any atom is 0.419 e. The fourth-order valence-corrected chi connectivity index (χ4v) is 3.07. The first kappa shape index (κ1) is 20.0. The molecule has 0 saturated carbocycles. The molecule has 1 aromatic heterocycles. The average Bonchev–Trinajstić information content (AvgIpc) is 2.93. The summed E-state index contributed by atoms with van der Waals surface area (Å²) in [4.78, 5) is 12.6. The second-order valence-corrected chi connectivity index (χ2v) is 8.22. The van der Waals surface area contributed by atoms with Gasteiger partial charge >= 0.3 is 6.09 Å². The summed E-state index contributed by atoms with van der Waals surface area (Å²) in [5, 5.41) is 5.76. The van der Waals surface area contributed by atoms with Crippen molar-refractivity contribution in [2.24, 2.45) is 5.10 Å². The molecule has 146 valence electrons. The minimum absolute atomic E-state index is 0.457. The van der Waals surface area contributed by atoms with E-state index in [0.29, 0.717) is 10.5 Å². The van der Waals surface area contributed by atoms with E-state index in [9.17, 15) is 4.79 Å². The third-order valence-corrected chi connectivity index (χ3v) is 4.39. The molecule has 3 rings (SSSR count). The van der Waals surface area contributed by atoms with Gasteiger partial charge in [0.1, 0.15) is 5.60 Å². The molecule has 0 atom stereocenters. The monoisotopic (exact) mass is 397 g/mol. The Labute approximate surface area is 170 Å². The number of halogens is 1. The van der Waals surface area contributed by atoms with Crippen LogP contribution in [0.25, 0.3) is 10.9 Å². The Balaban J connectivity index is 1.94. The fraction of sp³-hybridized carbons (Fsp3) is 0.273. The van der Waals surface area contributed by atoms with Crippen molar-refractivity contribution in [1.29, 1.82) is 0 Å². The van der Waals surface area contributed by atoms with Crippen LogP contribution in [-0.4, -0.2) is 22.5 Å². The van der Waals surface area contributed by atoms with Gasteiger partial charge in [0.15, 0.2) is 0 Å². The van der Waals surface area contributed by atoms with Gasteiger partial charge in [-0.25, -0.2) is 4.79 Å². The number of hydrogen-bond donors (Lipinski definition) is 1. The Morgan fingerprint density at radius 3 is 2.61 bits per heavy atom. The smallest absolute Gasteiger partial charge is 0.419 e. The lowest BCUT2D eigenvalue weighted by Gasteiger charge is -2.19. The van der Waals surface area contributed by atoms with Gasteiger partial charge in [0.25, 0.3) is 0 Å². The standard InChI is InChI=1S/C22H24ClN3O2/c1-14-6-9-19(15(2)10-14)25-24-12-16-13-26(21(27)28-22(3,4)5)20-11-17(23)7-8-18(16)20/h6-13,25H,1-5H3/b24-12+. The van der Waals surface area contributed by atoms with Crippen LogP contribution in [0.3, 0.4) is 0 Å². The Kier molecular flexibility index (Phi) is 5.47. The molecule has 0 fully saturated rings. The predicted octanol–water partition coefficient (Wildman–Crippen LogP) is 6.14. The number of fused-ring (bicyclic) bond motifs is 1. The largest absolute Gasteiger partial charge is 0.443 e. The zero-order valence-electron chi connectivity index (χ0n) is 16.7. The van der Waals surface area contributed by atoms with E-state index < -0.39 is 11.7 Å². The van der Waals surface area contributed by atoms with E-state index in [4.69, 9.17) is 16.3 Å². The summed E-state index contributed by atoms with van der Waals surface area (Å²) in [6.45, 7) is 9.58.